The monoisotopic (exact) mass is 423 g/mol. The first kappa shape index (κ1) is 20.5. The summed E-state index contributed by atoms with van der Waals surface area (Å²) < 4.78 is 36.1. The molecular weight excluding hydrogens is 402 g/mol. The Morgan fingerprint density at radius 2 is 1.79 bits per heavy atom. The van der Waals surface area contributed by atoms with E-state index < -0.39 is 15.1 Å². The Bertz CT molecular complexity index is 976. The van der Waals surface area contributed by atoms with Crippen LogP contribution >= 0.6 is 11.6 Å². The lowest BCUT2D eigenvalue weighted by molar-refractivity contribution is 0.0766. The predicted molar refractivity (Wildman–Crippen MR) is 108 cm³/mol. The maximum Gasteiger partial charge on any atom is 0.254 e. The van der Waals surface area contributed by atoms with Gasteiger partial charge in [-0.05, 0) is 36.2 Å². The zero-order valence-corrected chi connectivity index (χ0v) is 17.3. The molecule has 0 saturated carbocycles. The number of hydrogen-bond donors (Lipinski definition) is 0. The van der Waals surface area contributed by atoms with Crippen molar-refractivity contribution in [1.29, 1.82) is 0 Å². The second-order valence-corrected chi connectivity index (χ2v) is 9.24. The lowest BCUT2D eigenvalue weighted by Crippen LogP contribution is -2.33. The zero-order chi connectivity index (χ0) is 20.3. The summed E-state index contributed by atoms with van der Waals surface area (Å²) in [5, 5.41) is -0.292. The Labute approximate surface area is 169 Å². The quantitative estimate of drug-likeness (QED) is 0.753. The fourth-order valence-corrected chi connectivity index (χ4v) is 5.53. The molecule has 3 rings (SSSR count). The van der Waals surface area contributed by atoms with Crippen LogP contribution in [0, 0.1) is 0 Å². The van der Waals surface area contributed by atoms with Crippen molar-refractivity contribution in [3.63, 3.8) is 0 Å². The van der Waals surface area contributed by atoms with Crippen LogP contribution in [0.1, 0.15) is 27.6 Å². The van der Waals surface area contributed by atoms with Gasteiger partial charge in [-0.25, -0.2) is 8.42 Å². The zero-order valence-electron chi connectivity index (χ0n) is 15.7. The maximum atomic E-state index is 13.0. The van der Waals surface area contributed by atoms with Crippen LogP contribution in [0.2, 0.25) is 5.02 Å². The van der Waals surface area contributed by atoms with E-state index in [0.29, 0.717) is 40.6 Å². The van der Waals surface area contributed by atoms with E-state index in [0.717, 1.165) is 0 Å². The highest BCUT2D eigenvalue weighted by atomic mass is 35.5. The van der Waals surface area contributed by atoms with E-state index in [9.17, 15) is 13.2 Å². The fraction of sp³-hybridized carbons (Fsp3) is 0.350. The van der Waals surface area contributed by atoms with Crippen molar-refractivity contribution in [2.24, 2.45) is 0 Å². The minimum atomic E-state index is -3.43. The fourth-order valence-electron chi connectivity index (χ4n) is 3.38. The highest BCUT2D eigenvalue weighted by Gasteiger charge is 2.34. The number of nitrogens with zero attached hydrogens (tertiary/aromatic N) is 1. The lowest BCUT2D eigenvalue weighted by Gasteiger charge is -2.21. The smallest absolute Gasteiger partial charge is 0.254 e. The van der Waals surface area contributed by atoms with Crippen LogP contribution in [0.25, 0.3) is 0 Å². The molecule has 1 aliphatic rings. The summed E-state index contributed by atoms with van der Waals surface area (Å²) in [5.74, 6) is 0.624. The normalized spacial score (nSPS) is 19.0. The number of benzene rings is 2. The summed E-state index contributed by atoms with van der Waals surface area (Å²) in [5.41, 5.74) is 1.01. The molecular formula is C20H22ClNO5S. The Kier molecular flexibility index (Phi) is 6.15. The van der Waals surface area contributed by atoms with Gasteiger partial charge >= 0.3 is 0 Å². The molecule has 0 radical (unpaired) electrons. The van der Waals surface area contributed by atoms with Gasteiger partial charge in [0.15, 0.2) is 21.3 Å². The van der Waals surface area contributed by atoms with Crippen molar-refractivity contribution in [1.82, 2.24) is 4.90 Å². The van der Waals surface area contributed by atoms with Gasteiger partial charge in [-0.15, -0.1) is 0 Å². The summed E-state index contributed by atoms with van der Waals surface area (Å²) in [6.45, 7) is 0.457. The van der Waals surface area contributed by atoms with Crippen LogP contribution in [0.3, 0.4) is 0 Å². The van der Waals surface area contributed by atoms with E-state index in [1.54, 1.807) is 47.4 Å². The molecule has 28 heavy (non-hydrogen) atoms. The number of carbonyl (C=O) groups excluding carboxylic acids is 1. The molecule has 1 unspecified atom stereocenters. The van der Waals surface area contributed by atoms with Crippen molar-refractivity contribution in [3.8, 4) is 11.5 Å². The lowest BCUT2D eigenvalue weighted by atomic mass is 10.1. The first-order chi connectivity index (χ1) is 13.4. The first-order valence-electron chi connectivity index (χ1n) is 8.84. The summed E-state index contributed by atoms with van der Waals surface area (Å²) >= 11 is 6.22. The van der Waals surface area contributed by atoms with Gasteiger partial charge in [-0.1, -0.05) is 29.8 Å². The molecule has 1 heterocycles. The molecule has 0 N–H and O–H groups in total. The average Bonchev–Trinajstić information content (AvgIpc) is 2.85. The van der Waals surface area contributed by atoms with Crippen LogP contribution in [0.5, 0.6) is 11.5 Å². The number of ether oxygens (including phenoxy) is 2. The third-order valence-corrected chi connectivity index (χ3v) is 7.36. The van der Waals surface area contributed by atoms with Crippen LogP contribution in [0.4, 0.5) is 0 Å². The van der Waals surface area contributed by atoms with E-state index in [1.807, 2.05) is 0 Å². The van der Waals surface area contributed by atoms with E-state index in [-0.39, 0.29) is 18.2 Å². The summed E-state index contributed by atoms with van der Waals surface area (Å²) in [6, 6.07) is 11.9. The highest BCUT2D eigenvalue weighted by molar-refractivity contribution is 7.91. The molecule has 1 amide bonds. The van der Waals surface area contributed by atoms with Gasteiger partial charge in [0.25, 0.3) is 5.91 Å². The predicted octanol–water partition coefficient (Wildman–Crippen LogP) is 3.36. The van der Waals surface area contributed by atoms with E-state index >= 15 is 0 Å². The van der Waals surface area contributed by atoms with Crippen molar-refractivity contribution in [3.05, 3.63) is 58.6 Å². The van der Waals surface area contributed by atoms with Gasteiger partial charge in [0.1, 0.15) is 0 Å². The maximum absolute atomic E-state index is 13.0. The number of amides is 1. The Morgan fingerprint density at radius 3 is 2.46 bits per heavy atom. The Balaban J connectivity index is 1.85. The molecule has 2 aromatic carbocycles. The molecule has 6 nitrogen and oxygen atoms in total. The van der Waals surface area contributed by atoms with Gasteiger partial charge in [0, 0.05) is 23.7 Å². The summed E-state index contributed by atoms with van der Waals surface area (Å²) in [6.07, 6.45) is 0.297. The molecule has 1 fully saturated rings. The summed E-state index contributed by atoms with van der Waals surface area (Å²) in [7, 11) is -0.410. The van der Waals surface area contributed by atoms with Gasteiger partial charge in [0.05, 0.1) is 25.2 Å². The minimum Gasteiger partial charge on any atom is -0.493 e. The Hall–Kier alpha value is -2.25. The molecule has 1 aliphatic heterocycles. The van der Waals surface area contributed by atoms with E-state index in [2.05, 4.69) is 0 Å². The second kappa shape index (κ2) is 8.41. The number of sulfone groups is 1. The van der Waals surface area contributed by atoms with Crippen LogP contribution in [0.15, 0.2) is 42.5 Å². The van der Waals surface area contributed by atoms with Gasteiger partial charge in [-0.2, -0.15) is 0 Å². The third-order valence-electron chi connectivity index (χ3n) is 4.91. The molecule has 0 bridgehead atoms. The third kappa shape index (κ3) is 4.10. The van der Waals surface area contributed by atoms with Crippen molar-refractivity contribution in [2.75, 3.05) is 33.1 Å². The van der Waals surface area contributed by atoms with Crippen LogP contribution < -0.4 is 9.47 Å². The van der Waals surface area contributed by atoms with Crippen molar-refractivity contribution >= 4 is 27.3 Å². The molecule has 0 aromatic heterocycles. The number of halogens is 1. The highest BCUT2D eigenvalue weighted by Crippen LogP contribution is 2.34. The molecule has 0 aliphatic carbocycles. The Morgan fingerprint density at radius 1 is 1.07 bits per heavy atom. The van der Waals surface area contributed by atoms with E-state index in [4.69, 9.17) is 21.1 Å². The van der Waals surface area contributed by atoms with Crippen LogP contribution in [-0.2, 0) is 9.84 Å². The van der Waals surface area contributed by atoms with Gasteiger partial charge in [-0.3, -0.25) is 4.79 Å². The second-order valence-electron chi connectivity index (χ2n) is 6.53. The summed E-state index contributed by atoms with van der Waals surface area (Å²) in [4.78, 5) is 14.5. The molecule has 1 atom stereocenters. The van der Waals surface area contributed by atoms with Crippen molar-refractivity contribution < 1.29 is 22.7 Å². The average molecular weight is 424 g/mol. The number of rotatable bonds is 4. The number of hydrogen-bond acceptors (Lipinski definition) is 5. The SMILES string of the molecule is COc1ccc(C(=O)N2CCC(c3ccccc3Cl)S(=O)(=O)CC2)cc1OC. The molecule has 8 heteroatoms. The largest absolute Gasteiger partial charge is 0.493 e. The van der Waals surface area contributed by atoms with Crippen LogP contribution in [-0.4, -0.2) is 52.3 Å². The van der Waals surface area contributed by atoms with Crippen molar-refractivity contribution in [2.45, 2.75) is 11.7 Å². The molecule has 150 valence electrons. The molecule has 2 aromatic rings. The minimum absolute atomic E-state index is 0.109. The van der Waals surface area contributed by atoms with E-state index in [1.165, 1.54) is 14.2 Å². The standard InChI is InChI=1S/C20H22ClNO5S/c1-26-17-8-7-14(13-18(17)27-2)20(23)22-10-9-19(28(24,25)12-11-22)15-5-3-4-6-16(15)21/h3-8,13,19H,9-12H2,1-2H3. The number of carbonyl (C=O) groups is 1. The number of methoxy groups -OCH3 is 2. The van der Waals surface area contributed by atoms with Gasteiger partial charge in [0.2, 0.25) is 0 Å². The first-order valence-corrected chi connectivity index (χ1v) is 10.9. The van der Waals surface area contributed by atoms with Gasteiger partial charge < -0.3 is 14.4 Å². The molecule has 0 spiro atoms. The molecule has 1 saturated heterocycles. The topological polar surface area (TPSA) is 72.9 Å².